The average Bonchev–Trinajstić information content (AvgIpc) is 3.35. The van der Waals surface area contributed by atoms with Gasteiger partial charge in [0.05, 0.1) is 29.3 Å². The van der Waals surface area contributed by atoms with Crippen LogP contribution in [0.15, 0.2) is 24.7 Å². The summed E-state index contributed by atoms with van der Waals surface area (Å²) in [5.41, 5.74) is 2.64. The van der Waals surface area contributed by atoms with E-state index in [2.05, 4.69) is 20.3 Å². The molecule has 1 saturated heterocycles. The van der Waals surface area contributed by atoms with E-state index in [-0.39, 0.29) is 24.6 Å². The standard InChI is InChI=1S/C23H23N5O6/c29-8-17(30)28-6-13(7-28)27-23(31)14-5-24-21-19(14)25-10-26-20(21)18-15(32-9-12-1-2-12)3-4-16-22(18)34-11-33-16/h3-5,10,12-13,24,29H,1-2,6-9,11H2,(H,27,31). The molecule has 0 atom stereocenters. The number of ether oxygens (including phenoxy) is 3. The molecule has 4 heterocycles. The summed E-state index contributed by atoms with van der Waals surface area (Å²) in [7, 11) is 0. The summed E-state index contributed by atoms with van der Waals surface area (Å²) in [4.78, 5) is 37.9. The van der Waals surface area contributed by atoms with Gasteiger partial charge in [0, 0.05) is 19.3 Å². The van der Waals surface area contributed by atoms with Crippen LogP contribution in [-0.2, 0) is 4.79 Å². The van der Waals surface area contributed by atoms with Gasteiger partial charge in [0.15, 0.2) is 11.5 Å². The van der Waals surface area contributed by atoms with Gasteiger partial charge in [-0.3, -0.25) is 9.59 Å². The van der Waals surface area contributed by atoms with E-state index in [0.29, 0.717) is 70.7 Å². The van der Waals surface area contributed by atoms with Crippen LogP contribution in [0.3, 0.4) is 0 Å². The lowest BCUT2D eigenvalue weighted by Crippen LogP contribution is -2.61. The number of aliphatic hydroxyl groups is 1. The summed E-state index contributed by atoms with van der Waals surface area (Å²) < 4.78 is 17.4. The van der Waals surface area contributed by atoms with Crippen molar-refractivity contribution in [1.82, 2.24) is 25.2 Å². The van der Waals surface area contributed by atoms with Crippen LogP contribution in [0.4, 0.5) is 0 Å². The Morgan fingerprint density at radius 1 is 1.24 bits per heavy atom. The van der Waals surface area contributed by atoms with Crippen LogP contribution in [0.2, 0.25) is 0 Å². The highest BCUT2D eigenvalue weighted by molar-refractivity contribution is 6.08. The van der Waals surface area contributed by atoms with Crippen molar-refractivity contribution in [2.24, 2.45) is 5.92 Å². The highest BCUT2D eigenvalue weighted by atomic mass is 16.7. The van der Waals surface area contributed by atoms with Crippen LogP contribution >= 0.6 is 0 Å². The van der Waals surface area contributed by atoms with E-state index in [1.54, 1.807) is 6.20 Å². The third-order valence-electron chi connectivity index (χ3n) is 6.32. The molecule has 2 aromatic heterocycles. The second kappa shape index (κ2) is 8.17. The largest absolute Gasteiger partial charge is 0.492 e. The number of rotatable bonds is 7. The van der Waals surface area contributed by atoms with Crippen molar-refractivity contribution in [3.05, 3.63) is 30.2 Å². The van der Waals surface area contributed by atoms with Crippen molar-refractivity contribution < 1.29 is 28.9 Å². The number of nitrogens with zero attached hydrogens (tertiary/aromatic N) is 3. The quantitative estimate of drug-likeness (QED) is 0.471. The number of likely N-dealkylation sites (tertiary alicyclic amines) is 1. The van der Waals surface area contributed by atoms with Gasteiger partial charge in [0.25, 0.3) is 5.91 Å². The Hall–Kier alpha value is -3.86. The van der Waals surface area contributed by atoms with Gasteiger partial charge in [-0.05, 0) is 30.9 Å². The van der Waals surface area contributed by atoms with E-state index >= 15 is 0 Å². The van der Waals surface area contributed by atoms with Crippen LogP contribution in [0.5, 0.6) is 17.2 Å². The zero-order chi connectivity index (χ0) is 23.2. The molecule has 3 aliphatic rings. The first-order valence-electron chi connectivity index (χ1n) is 11.2. The van der Waals surface area contributed by atoms with Gasteiger partial charge in [-0.15, -0.1) is 0 Å². The number of aromatic amines is 1. The Kier molecular flexibility index (Phi) is 4.98. The molecular weight excluding hydrogens is 442 g/mol. The van der Waals surface area contributed by atoms with Gasteiger partial charge in [-0.1, -0.05) is 0 Å². The van der Waals surface area contributed by atoms with Crippen LogP contribution in [0.25, 0.3) is 22.3 Å². The molecule has 6 rings (SSSR count). The molecule has 1 aromatic carbocycles. The minimum atomic E-state index is -0.535. The molecule has 0 bridgehead atoms. The number of nitrogens with one attached hydrogen (secondary N) is 2. The molecule has 0 unspecified atom stereocenters. The van der Waals surface area contributed by atoms with Crippen molar-refractivity contribution in [2.75, 3.05) is 33.1 Å². The van der Waals surface area contributed by atoms with Crippen molar-refractivity contribution in [1.29, 1.82) is 0 Å². The van der Waals surface area contributed by atoms with Crippen LogP contribution < -0.4 is 19.5 Å². The van der Waals surface area contributed by atoms with E-state index in [0.717, 1.165) is 0 Å². The highest BCUT2D eigenvalue weighted by Gasteiger charge is 2.33. The Morgan fingerprint density at radius 3 is 2.88 bits per heavy atom. The summed E-state index contributed by atoms with van der Waals surface area (Å²) in [5, 5.41) is 11.9. The first-order valence-corrected chi connectivity index (χ1v) is 11.2. The minimum absolute atomic E-state index is 0.109. The SMILES string of the molecule is O=C(NC1CN(C(=O)CO)C1)c1c[nH]c2c(-c3c(OCC4CC4)ccc4c3OCO4)ncnc12. The number of carbonyl (C=O) groups is 2. The summed E-state index contributed by atoms with van der Waals surface area (Å²) in [6.07, 6.45) is 5.34. The molecule has 2 fully saturated rings. The maximum Gasteiger partial charge on any atom is 0.255 e. The fraction of sp³-hybridized carbons (Fsp3) is 0.391. The van der Waals surface area contributed by atoms with E-state index < -0.39 is 6.61 Å². The lowest BCUT2D eigenvalue weighted by molar-refractivity contribution is -0.138. The van der Waals surface area contributed by atoms with Gasteiger partial charge in [0.1, 0.15) is 29.9 Å². The smallest absolute Gasteiger partial charge is 0.255 e. The normalized spacial score (nSPS) is 17.0. The first kappa shape index (κ1) is 20.7. The molecule has 11 heteroatoms. The van der Waals surface area contributed by atoms with E-state index in [1.165, 1.54) is 24.1 Å². The van der Waals surface area contributed by atoms with Crippen LogP contribution in [0, 0.1) is 5.92 Å². The molecule has 0 spiro atoms. The van der Waals surface area contributed by atoms with Crippen molar-refractivity contribution in [3.63, 3.8) is 0 Å². The highest BCUT2D eigenvalue weighted by Crippen LogP contribution is 2.48. The van der Waals surface area contributed by atoms with Crippen LogP contribution in [0.1, 0.15) is 23.2 Å². The Labute approximate surface area is 194 Å². The Morgan fingerprint density at radius 2 is 2.09 bits per heavy atom. The Bertz CT molecular complexity index is 1280. The predicted octanol–water partition coefficient (Wildman–Crippen LogP) is 1.08. The number of hydrogen-bond acceptors (Lipinski definition) is 8. The molecule has 3 aromatic rings. The van der Waals surface area contributed by atoms with Crippen molar-refractivity contribution in [2.45, 2.75) is 18.9 Å². The van der Waals surface area contributed by atoms with Crippen LogP contribution in [-0.4, -0.2) is 75.9 Å². The lowest BCUT2D eigenvalue weighted by Gasteiger charge is -2.39. The maximum absolute atomic E-state index is 12.9. The van der Waals surface area contributed by atoms with Gasteiger partial charge < -0.3 is 34.5 Å². The maximum atomic E-state index is 12.9. The molecule has 0 radical (unpaired) electrons. The third kappa shape index (κ3) is 3.58. The van der Waals surface area contributed by atoms with E-state index in [1.807, 2.05) is 12.1 Å². The third-order valence-corrected chi connectivity index (χ3v) is 6.32. The minimum Gasteiger partial charge on any atom is -0.492 e. The number of amides is 2. The number of benzene rings is 1. The first-order chi connectivity index (χ1) is 16.6. The number of carbonyl (C=O) groups excluding carboxylic acids is 2. The summed E-state index contributed by atoms with van der Waals surface area (Å²) >= 11 is 0. The lowest BCUT2D eigenvalue weighted by atomic mass is 10.1. The monoisotopic (exact) mass is 465 g/mol. The number of H-pyrrole nitrogens is 1. The predicted molar refractivity (Wildman–Crippen MR) is 119 cm³/mol. The Balaban J connectivity index is 1.31. The van der Waals surface area contributed by atoms with Gasteiger partial charge >= 0.3 is 0 Å². The van der Waals surface area contributed by atoms with E-state index in [9.17, 15) is 9.59 Å². The number of aliphatic hydroxyl groups excluding tert-OH is 1. The fourth-order valence-electron chi connectivity index (χ4n) is 4.23. The van der Waals surface area contributed by atoms with Gasteiger partial charge in [-0.25, -0.2) is 9.97 Å². The second-order valence-corrected chi connectivity index (χ2v) is 8.70. The second-order valence-electron chi connectivity index (χ2n) is 8.70. The number of fused-ring (bicyclic) bond motifs is 2. The summed E-state index contributed by atoms with van der Waals surface area (Å²) in [5.74, 6) is 1.71. The zero-order valence-corrected chi connectivity index (χ0v) is 18.2. The summed E-state index contributed by atoms with van der Waals surface area (Å²) in [6.45, 7) is 0.924. The molecule has 1 saturated carbocycles. The number of aromatic nitrogens is 3. The molecule has 34 heavy (non-hydrogen) atoms. The summed E-state index contributed by atoms with van der Waals surface area (Å²) in [6, 6.07) is 3.49. The van der Waals surface area contributed by atoms with E-state index in [4.69, 9.17) is 19.3 Å². The topological polar surface area (TPSA) is 139 Å². The van der Waals surface area contributed by atoms with Gasteiger partial charge in [0.2, 0.25) is 12.7 Å². The molecular formula is C23H23N5O6. The van der Waals surface area contributed by atoms with Gasteiger partial charge in [-0.2, -0.15) is 0 Å². The fourth-order valence-corrected chi connectivity index (χ4v) is 4.23. The number of hydrogen-bond donors (Lipinski definition) is 3. The molecule has 3 N–H and O–H groups in total. The van der Waals surface area contributed by atoms with Crippen molar-refractivity contribution in [3.8, 4) is 28.5 Å². The molecule has 2 amide bonds. The van der Waals surface area contributed by atoms with Crippen molar-refractivity contribution >= 4 is 22.8 Å². The zero-order valence-electron chi connectivity index (χ0n) is 18.2. The molecule has 11 nitrogen and oxygen atoms in total. The molecule has 2 aliphatic heterocycles. The molecule has 1 aliphatic carbocycles. The average molecular weight is 465 g/mol. The molecule has 176 valence electrons.